The van der Waals surface area contributed by atoms with E-state index >= 15 is 0 Å². The van der Waals surface area contributed by atoms with Crippen LogP contribution in [-0.4, -0.2) is 129 Å². The highest BCUT2D eigenvalue weighted by Gasteiger charge is 2.66. The number of ketones is 8. The third kappa shape index (κ3) is 21.9. The second-order valence-corrected chi connectivity index (χ2v) is 48.8. The summed E-state index contributed by atoms with van der Waals surface area (Å²) < 4.78 is 6.31. The van der Waals surface area contributed by atoms with Crippen molar-refractivity contribution < 1.29 is 87.2 Å². The van der Waals surface area contributed by atoms with E-state index in [1.54, 1.807) is 37.3 Å². The number of carbonyl (C=O) groups is 14. The maximum absolute atomic E-state index is 13.3. The van der Waals surface area contributed by atoms with Crippen LogP contribution in [0.2, 0.25) is 0 Å². The second kappa shape index (κ2) is 45.6. The van der Waals surface area contributed by atoms with Gasteiger partial charge >= 0.3 is 11.9 Å². The van der Waals surface area contributed by atoms with Crippen molar-refractivity contribution >= 4 is 97.8 Å². The number of amides is 4. The van der Waals surface area contributed by atoms with Crippen LogP contribution in [0.1, 0.15) is 313 Å². The monoisotopic (exact) mass is 2060 g/mol. The topological polar surface area (TPSA) is 452 Å². The molecule has 27 heteroatoms. The molecule has 7 N–H and O–H groups in total. The first kappa shape index (κ1) is 111. The molecule has 0 bridgehead atoms. The van der Waals surface area contributed by atoms with Crippen molar-refractivity contribution in [2.45, 2.75) is 327 Å². The van der Waals surface area contributed by atoms with Crippen LogP contribution >= 0.6 is 15.9 Å². The molecule has 0 saturated heterocycles. The Bertz CT molecular complexity index is 5700. The summed E-state index contributed by atoms with van der Waals surface area (Å²) >= 11 is 3.44. The lowest BCUT2D eigenvalue weighted by molar-refractivity contribution is -0.161. The van der Waals surface area contributed by atoms with Gasteiger partial charge in [-0.05, 0) is 275 Å². The number of carboxylic acid groups (broad SMARTS) is 1. The van der Waals surface area contributed by atoms with Crippen LogP contribution in [0.3, 0.4) is 0 Å². The van der Waals surface area contributed by atoms with Crippen molar-refractivity contribution in [3.05, 3.63) is 128 Å². The van der Waals surface area contributed by atoms with Crippen molar-refractivity contribution in [1.82, 2.24) is 21.3 Å². The first-order valence-electron chi connectivity index (χ1n) is 54.1. The summed E-state index contributed by atoms with van der Waals surface area (Å²) in [7, 11) is 0. The number of rotatable bonds is 16. The molecule has 14 aliphatic carbocycles. The number of ether oxygens (including phenoxy) is 1. The van der Waals surface area contributed by atoms with Gasteiger partial charge in [-0.1, -0.05) is 141 Å². The number of aliphatic hydroxyl groups excluding tert-OH is 2. The van der Waals surface area contributed by atoms with Crippen molar-refractivity contribution in [1.29, 1.82) is 21.0 Å². The molecule has 1 aromatic carbocycles. The fraction of sp³-hybridized carbons (Fsp3) is 0.664. The Labute approximate surface area is 869 Å². The molecular weight excluding hydrogens is 1910 g/mol. The molecule has 28 atom stereocenters. The summed E-state index contributed by atoms with van der Waals surface area (Å²) in [5.41, 5.74) is 6.72. The van der Waals surface area contributed by atoms with E-state index in [-0.39, 0.29) is 184 Å². The van der Waals surface area contributed by atoms with Crippen LogP contribution in [-0.2, 0) is 78.5 Å². The van der Waals surface area contributed by atoms with Gasteiger partial charge in [0, 0.05) is 206 Å². The molecule has 10 saturated carbocycles. The third-order valence-corrected chi connectivity index (χ3v) is 41.0. The average molecular weight is 2060 g/mol. The smallest absolute Gasteiger partial charge is 0.306 e. The van der Waals surface area contributed by atoms with Crippen molar-refractivity contribution in [2.24, 2.45) is 150 Å². The maximum atomic E-state index is 13.3. The SMILES string of the molecule is CC1=CC(=O)[C@H]2[C@@H](CCC3=CC(=O)NCC[C@@]32C)[C@@H]1CCC#N.CC1=CC(=O)[C@H]2[C@@H](CCC3=CNC(=O)CC[C@@]32C)[C@@H]1CCC#N.CC1=C[C@@H](O)[C@H]2[C@@H](CCC3=CC(=O)NCC[C@@]32C)[C@@H]1CCC#N.CC1=C[C@H](O)[C@H]2[C@@H](CCC3=CC(=O)NCC[C@@]32C)[C@@H]1CCC#N.C[C@]1(CCC(=O)O)C(=O)CC[C@@H]2[C@@H]1C(=O)C[C@]1(C)C(=O)CC[C@@H]21.C[C@]1(CCC(=O)OCc2ccccc2Br)C(=O)CC[C@@H]2[C@@H]1C(=O)C[C@]1(C)C(=O)CC[C@@H]21. The Morgan fingerprint density at radius 2 is 0.781 bits per heavy atom. The number of allylic oxidation sites excluding steroid dienone is 10. The number of hydrogen-bond donors (Lipinski definition) is 7. The van der Waals surface area contributed by atoms with Crippen LogP contribution < -0.4 is 21.3 Å². The zero-order chi connectivity index (χ0) is 106. The van der Waals surface area contributed by atoms with Crippen molar-refractivity contribution in [3.8, 4) is 24.3 Å². The number of Topliss-reactive ketones (excluding diaryl/α,β-unsaturated/α-hetero) is 6. The highest BCUT2D eigenvalue weighted by atomic mass is 79.9. The van der Waals surface area contributed by atoms with Crippen LogP contribution in [0.5, 0.6) is 0 Å². The largest absolute Gasteiger partial charge is 0.481 e. The van der Waals surface area contributed by atoms with E-state index in [2.05, 4.69) is 103 Å². The number of esters is 1. The Morgan fingerprint density at radius 1 is 0.418 bits per heavy atom. The quantitative estimate of drug-likeness (QED) is 0.0597. The van der Waals surface area contributed by atoms with E-state index in [0.717, 1.165) is 142 Å². The standard InChI is InChI=1S/C25H29BrO5.C19H24N2O2.2C19H26N2O2.C19H24N2O2.C18H24O5/c1-24(12-11-22(30)31-14-15-5-3-4-6-18(15)26)20(28)9-7-16-17-8-10-21(29)25(17,2)13-19(27)23(16)24;1-12-10-16(22)18-15(14(12)4-3-9-20)6-5-13-11-21-17(23)7-8-19(13,18)2;3*1-12-10-16(22)18-15(14(12)4-3-8-20)6-5-13-11-17(23)21-9-7-19(13,18)2;1-17(8-7-15(22)23)13(20)5-3-10-11-4-6-14(21)18(11,2)9-12(19)16(10)17/h3-6,16-17,23H,7-14H2,1-2H3;10-11,14-15,18H,3-8H2,1-2H3,(H,21,23);2*10-11,14-16,18,22H,3-7,9H2,1-2H3,(H,21,23);10-11,14-15,18H,3-7,9H2,1-2H3,(H,21,23);10-11,16H,3-9H2,1-2H3,(H,22,23)/t16-,17-,23+,24-,25-;14-,15+,18-,19+;14-,15+,16+,18-,19+;14-,15+,16-,18-,19+;14-,15+,18-,19+;10-,11-,16+,17-,18-/m011110/s1. The molecule has 4 heterocycles. The highest BCUT2D eigenvalue weighted by Crippen LogP contribution is 2.66. The Kier molecular flexibility index (Phi) is 34.8. The molecule has 19 rings (SSSR count). The summed E-state index contributed by atoms with van der Waals surface area (Å²) in [4.78, 5) is 173. The fourth-order valence-electron chi connectivity index (χ4n) is 32.5. The number of halogens is 1. The van der Waals surface area contributed by atoms with Gasteiger partial charge in [0.25, 0.3) is 0 Å². The summed E-state index contributed by atoms with van der Waals surface area (Å²) in [5, 5.41) is 78.1. The van der Waals surface area contributed by atoms with Crippen molar-refractivity contribution in [3.63, 3.8) is 0 Å². The van der Waals surface area contributed by atoms with Gasteiger partial charge in [-0.3, -0.25) is 67.1 Å². The molecule has 784 valence electrons. The molecule has 4 amide bonds. The fourth-order valence-corrected chi connectivity index (χ4v) is 32.9. The Balaban J connectivity index is 0.000000139. The third-order valence-electron chi connectivity index (χ3n) is 40.3. The van der Waals surface area contributed by atoms with Gasteiger partial charge in [0.15, 0.2) is 11.6 Å². The maximum Gasteiger partial charge on any atom is 0.306 e. The van der Waals surface area contributed by atoms with Crippen LogP contribution in [0.15, 0.2) is 122 Å². The van der Waals surface area contributed by atoms with Crippen LogP contribution in [0.4, 0.5) is 0 Å². The number of carboxylic acids is 1. The molecule has 146 heavy (non-hydrogen) atoms. The van der Waals surface area contributed by atoms with Gasteiger partial charge in [0.2, 0.25) is 23.6 Å². The predicted octanol–water partition coefficient (Wildman–Crippen LogP) is 18.8. The lowest BCUT2D eigenvalue weighted by Gasteiger charge is -2.53. The van der Waals surface area contributed by atoms with Gasteiger partial charge in [0.05, 0.1) is 36.5 Å². The predicted molar refractivity (Wildman–Crippen MR) is 550 cm³/mol. The summed E-state index contributed by atoms with van der Waals surface area (Å²) in [5.74, 6) is 2.21. The molecule has 10 fully saturated rings. The zero-order valence-electron chi connectivity index (χ0n) is 87.7. The van der Waals surface area contributed by atoms with E-state index in [9.17, 15) is 77.3 Å². The minimum atomic E-state index is -0.940. The molecule has 0 aromatic heterocycles. The van der Waals surface area contributed by atoms with Crippen molar-refractivity contribution in [2.75, 3.05) is 19.6 Å². The van der Waals surface area contributed by atoms with E-state index in [4.69, 9.17) is 30.9 Å². The first-order valence-corrected chi connectivity index (χ1v) is 54.9. The number of benzene rings is 1. The average Bonchev–Trinajstić information content (AvgIpc) is 1.50. The molecule has 26 nitrogen and oxygen atoms in total. The number of carbonyl (C=O) groups excluding carboxylic acids is 13. The number of hydrogen-bond acceptors (Lipinski definition) is 21. The Hall–Kier alpha value is -10.3. The molecule has 1 aromatic rings. The molecule has 0 radical (unpaired) electrons. The molecule has 4 aliphatic heterocycles. The van der Waals surface area contributed by atoms with E-state index in [1.165, 1.54) is 27.9 Å². The zero-order valence-corrected chi connectivity index (χ0v) is 89.3. The first-order chi connectivity index (χ1) is 69.2. The summed E-state index contributed by atoms with van der Waals surface area (Å²) in [6.45, 7) is 26.6. The molecule has 0 unspecified atom stereocenters. The number of nitrogens with one attached hydrogen (secondary N) is 4. The molecular formula is C119H153BrN8O18. The lowest BCUT2D eigenvalue weighted by atomic mass is 9.48. The number of nitrogens with zero attached hydrogens (tertiary/aromatic N) is 4. The Morgan fingerprint density at radius 3 is 1.19 bits per heavy atom. The minimum Gasteiger partial charge on any atom is -0.481 e. The van der Waals surface area contributed by atoms with E-state index in [0.29, 0.717) is 144 Å². The molecule has 18 aliphatic rings. The molecule has 0 spiro atoms. The number of aliphatic carboxylic acids is 1. The van der Waals surface area contributed by atoms with E-state index in [1.807, 2.05) is 77.2 Å². The summed E-state index contributed by atoms with van der Waals surface area (Å²) in [6.07, 6.45) is 36.5. The minimum absolute atomic E-state index is 0.000211. The van der Waals surface area contributed by atoms with Crippen LogP contribution in [0.25, 0.3) is 0 Å². The summed E-state index contributed by atoms with van der Waals surface area (Å²) in [6, 6.07) is 16.6. The van der Waals surface area contributed by atoms with E-state index < -0.39 is 51.7 Å². The lowest BCUT2D eigenvalue weighted by Crippen LogP contribution is -2.56. The van der Waals surface area contributed by atoms with Crippen LogP contribution in [0, 0.1) is 195 Å². The number of nitriles is 4. The number of aliphatic hydroxyl groups is 2. The highest BCUT2D eigenvalue weighted by molar-refractivity contribution is 9.10. The van der Waals surface area contributed by atoms with Gasteiger partial charge in [0.1, 0.15) is 41.3 Å². The van der Waals surface area contributed by atoms with Gasteiger partial charge in [-0.25, -0.2) is 0 Å². The van der Waals surface area contributed by atoms with Gasteiger partial charge in [-0.15, -0.1) is 0 Å². The van der Waals surface area contributed by atoms with Gasteiger partial charge in [-0.2, -0.15) is 21.0 Å². The number of fused-ring (bicyclic) bond motifs is 18. The second-order valence-electron chi connectivity index (χ2n) is 47.9. The van der Waals surface area contributed by atoms with Gasteiger partial charge < -0.3 is 41.3 Å². The normalized spacial score (nSPS) is 38.3.